The summed E-state index contributed by atoms with van der Waals surface area (Å²) in [5.74, 6) is -0.601. The van der Waals surface area contributed by atoms with Crippen LogP contribution in [-0.4, -0.2) is 49.5 Å². The van der Waals surface area contributed by atoms with E-state index in [9.17, 15) is 9.18 Å². The van der Waals surface area contributed by atoms with Crippen LogP contribution < -0.4 is 4.74 Å². The van der Waals surface area contributed by atoms with Crippen LogP contribution in [0.25, 0.3) is 11.2 Å². The molecule has 9 heteroatoms. The monoisotopic (exact) mass is 358 g/mol. The van der Waals surface area contributed by atoms with Crippen molar-refractivity contribution in [1.82, 2.24) is 19.5 Å². The Bertz CT molecular complexity index is 933. The summed E-state index contributed by atoms with van der Waals surface area (Å²) in [6.07, 6.45) is -0.193. The first kappa shape index (κ1) is 16.6. The number of esters is 1. The van der Waals surface area contributed by atoms with Crippen molar-refractivity contribution in [3.8, 4) is 5.88 Å². The first-order valence-electron chi connectivity index (χ1n) is 8.02. The Balaban J connectivity index is 1.64. The zero-order valence-electron chi connectivity index (χ0n) is 13.5. The molecule has 0 spiro atoms. The second-order valence-electron chi connectivity index (χ2n) is 5.84. The summed E-state index contributed by atoms with van der Waals surface area (Å²) in [6, 6.07) is 8.47. The molecule has 0 bridgehead atoms. The second-order valence-corrected chi connectivity index (χ2v) is 5.84. The van der Waals surface area contributed by atoms with Gasteiger partial charge in [0.2, 0.25) is 0 Å². The summed E-state index contributed by atoms with van der Waals surface area (Å²) in [7, 11) is 0. The van der Waals surface area contributed by atoms with Gasteiger partial charge < -0.3 is 14.6 Å². The standard InChI is InChI=1S/C17H15FN4O4/c18-12-6-11(7-23)25-16(12)22-9-21-13-14(22)19-8-20-15(13)26-17(24)10-4-2-1-3-5-10/h1-5,8-9,11-12,16,23H,6-7H2/t11-,12+,16+/m0/s1. The van der Waals surface area contributed by atoms with E-state index < -0.39 is 24.5 Å². The number of halogens is 1. The van der Waals surface area contributed by atoms with Gasteiger partial charge >= 0.3 is 5.97 Å². The third kappa shape index (κ3) is 2.91. The van der Waals surface area contributed by atoms with E-state index in [4.69, 9.17) is 14.6 Å². The number of carbonyl (C=O) groups excluding carboxylic acids is 1. The second kappa shape index (κ2) is 6.77. The number of benzene rings is 1. The normalized spacial score (nSPS) is 22.6. The molecule has 0 aliphatic carbocycles. The lowest BCUT2D eigenvalue weighted by Crippen LogP contribution is -2.17. The highest BCUT2D eigenvalue weighted by molar-refractivity contribution is 5.92. The van der Waals surface area contributed by atoms with Gasteiger partial charge in [-0.15, -0.1) is 0 Å². The highest BCUT2D eigenvalue weighted by atomic mass is 19.1. The van der Waals surface area contributed by atoms with E-state index in [1.54, 1.807) is 30.3 Å². The van der Waals surface area contributed by atoms with Crippen molar-refractivity contribution in [2.24, 2.45) is 0 Å². The number of alkyl halides is 1. The molecular formula is C17H15FN4O4. The van der Waals surface area contributed by atoms with Crippen LogP contribution in [-0.2, 0) is 4.74 Å². The van der Waals surface area contributed by atoms with Crippen LogP contribution in [0.15, 0.2) is 43.0 Å². The number of ether oxygens (including phenoxy) is 2. The zero-order chi connectivity index (χ0) is 18.1. The number of carbonyl (C=O) groups is 1. The molecule has 0 saturated carbocycles. The van der Waals surface area contributed by atoms with Gasteiger partial charge in [-0.2, -0.15) is 4.98 Å². The van der Waals surface area contributed by atoms with Gasteiger partial charge in [0.15, 0.2) is 17.4 Å². The highest BCUT2D eigenvalue weighted by Crippen LogP contribution is 2.34. The molecule has 2 aromatic heterocycles. The molecule has 1 saturated heterocycles. The summed E-state index contributed by atoms with van der Waals surface area (Å²) in [4.78, 5) is 24.4. The lowest BCUT2D eigenvalue weighted by molar-refractivity contribution is -0.0351. The van der Waals surface area contributed by atoms with Gasteiger partial charge in [-0.3, -0.25) is 4.57 Å². The first-order valence-corrected chi connectivity index (χ1v) is 8.02. The quantitative estimate of drug-likeness (QED) is 0.708. The van der Waals surface area contributed by atoms with Crippen molar-refractivity contribution in [1.29, 1.82) is 0 Å². The number of rotatable bonds is 4. The van der Waals surface area contributed by atoms with Crippen molar-refractivity contribution in [2.75, 3.05) is 6.61 Å². The van der Waals surface area contributed by atoms with Crippen LogP contribution in [0, 0.1) is 0 Å². The average Bonchev–Trinajstić information content (AvgIpc) is 3.26. The van der Waals surface area contributed by atoms with Crippen molar-refractivity contribution in [3.63, 3.8) is 0 Å². The molecule has 26 heavy (non-hydrogen) atoms. The molecule has 3 heterocycles. The molecular weight excluding hydrogens is 343 g/mol. The van der Waals surface area contributed by atoms with Gasteiger partial charge in [-0.25, -0.2) is 19.2 Å². The molecule has 3 aromatic rings. The van der Waals surface area contributed by atoms with Gasteiger partial charge in [-0.05, 0) is 12.1 Å². The fraction of sp³-hybridized carbons (Fsp3) is 0.294. The largest absolute Gasteiger partial charge is 0.401 e. The van der Waals surface area contributed by atoms with Gasteiger partial charge in [0.25, 0.3) is 5.88 Å². The van der Waals surface area contributed by atoms with Crippen molar-refractivity contribution >= 4 is 17.1 Å². The third-order valence-corrected chi connectivity index (χ3v) is 4.13. The molecule has 134 valence electrons. The van der Waals surface area contributed by atoms with Gasteiger partial charge in [0, 0.05) is 6.42 Å². The SMILES string of the molecule is O=C(Oc1ncnc2c1ncn2[C@@H]1O[C@H](CO)C[C@H]1F)c1ccccc1. The van der Waals surface area contributed by atoms with Crippen LogP contribution in [0.4, 0.5) is 4.39 Å². The fourth-order valence-corrected chi connectivity index (χ4v) is 2.88. The van der Waals surface area contributed by atoms with Crippen LogP contribution in [0.5, 0.6) is 5.88 Å². The number of nitrogens with zero attached hydrogens (tertiary/aromatic N) is 4. The zero-order valence-corrected chi connectivity index (χ0v) is 13.5. The number of aliphatic hydroxyl groups is 1. The molecule has 4 rings (SSSR count). The van der Waals surface area contributed by atoms with Crippen molar-refractivity contribution in [2.45, 2.75) is 24.9 Å². The Morgan fingerprint density at radius 1 is 1.31 bits per heavy atom. The minimum Gasteiger partial charge on any atom is -0.401 e. The third-order valence-electron chi connectivity index (χ3n) is 4.13. The summed E-state index contributed by atoms with van der Waals surface area (Å²) in [5.41, 5.74) is 0.870. The van der Waals surface area contributed by atoms with E-state index in [1.165, 1.54) is 17.2 Å². The molecule has 0 unspecified atom stereocenters. The topological polar surface area (TPSA) is 99.4 Å². The van der Waals surface area contributed by atoms with Gasteiger partial charge in [-0.1, -0.05) is 18.2 Å². The number of hydrogen-bond acceptors (Lipinski definition) is 7. The molecule has 3 atom stereocenters. The van der Waals surface area contributed by atoms with Crippen LogP contribution in [0.3, 0.4) is 0 Å². The van der Waals surface area contributed by atoms with Gasteiger partial charge in [0.1, 0.15) is 12.5 Å². The Hall–Kier alpha value is -2.91. The summed E-state index contributed by atoms with van der Waals surface area (Å²) in [6.45, 7) is -0.265. The lowest BCUT2D eigenvalue weighted by atomic mass is 10.2. The molecule has 1 N–H and O–H groups in total. The minimum atomic E-state index is -1.31. The van der Waals surface area contributed by atoms with Crippen LogP contribution >= 0.6 is 0 Å². The molecule has 1 aromatic carbocycles. The molecule has 0 amide bonds. The van der Waals surface area contributed by atoms with E-state index in [1.807, 2.05) is 0 Å². The Morgan fingerprint density at radius 2 is 2.12 bits per heavy atom. The molecule has 1 aliphatic heterocycles. The summed E-state index contributed by atoms with van der Waals surface area (Å²) in [5, 5.41) is 9.16. The Kier molecular flexibility index (Phi) is 4.31. The predicted octanol–water partition coefficient (Wildman–Crippen LogP) is 1.66. The number of aliphatic hydroxyl groups excluding tert-OH is 1. The molecule has 0 radical (unpaired) electrons. The van der Waals surface area contributed by atoms with Crippen molar-refractivity contribution < 1.29 is 23.8 Å². The number of imidazole rings is 1. The first-order chi connectivity index (χ1) is 12.7. The fourth-order valence-electron chi connectivity index (χ4n) is 2.88. The van der Waals surface area contributed by atoms with E-state index in [2.05, 4.69) is 15.0 Å². The lowest BCUT2D eigenvalue weighted by Gasteiger charge is -2.15. The maximum absolute atomic E-state index is 14.2. The Labute approximate surface area is 147 Å². The Morgan fingerprint density at radius 3 is 2.85 bits per heavy atom. The predicted molar refractivity (Wildman–Crippen MR) is 87.2 cm³/mol. The minimum absolute atomic E-state index is 0.0188. The number of hydrogen-bond donors (Lipinski definition) is 1. The van der Waals surface area contributed by atoms with Crippen molar-refractivity contribution in [3.05, 3.63) is 48.5 Å². The smallest absolute Gasteiger partial charge is 0.344 e. The maximum atomic E-state index is 14.2. The molecule has 1 aliphatic rings. The summed E-state index contributed by atoms with van der Waals surface area (Å²) >= 11 is 0. The van der Waals surface area contributed by atoms with E-state index in [0.29, 0.717) is 5.56 Å². The maximum Gasteiger partial charge on any atom is 0.344 e. The molecule has 1 fully saturated rings. The van der Waals surface area contributed by atoms with E-state index in [-0.39, 0.29) is 30.1 Å². The van der Waals surface area contributed by atoms with E-state index in [0.717, 1.165) is 0 Å². The number of fused-ring (bicyclic) bond motifs is 1. The van der Waals surface area contributed by atoms with Crippen LogP contribution in [0.1, 0.15) is 23.0 Å². The van der Waals surface area contributed by atoms with Crippen LogP contribution in [0.2, 0.25) is 0 Å². The summed E-state index contributed by atoms with van der Waals surface area (Å²) < 4.78 is 26.5. The average molecular weight is 358 g/mol. The number of aromatic nitrogens is 4. The van der Waals surface area contributed by atoms with E-state index >= 15 is 0 Å². The van der Waals surface area contributed by atoms with Gasteiger partial charge in [0.05, 0.1) is 24.6 Å². The highest BCUT2D eigenvalue weighted by Gasteiger charge is 2.37. The molecule has 8 nitrogen and oxygen atoms in total.